The first kappa shape index (κ1) is 18.1. The Kier molecular flexibility index (Phi) is 6.07. The predicted octanol–water partition coefficient (Wildman–Crippen LogP) is -2.08. The smallest absolute Gasteiger partial charge is 0.253 e. The summed E-state index contributed by atoms with van der Waals surface area (Å²) in [6, 6.07) is 0. The monoisotopic (exact) mass is 339 g/mol. The van der Waals surface area contributed by atoms with Gasteiger partial charge >= 0.3 is 0 Å². The van der Waals surface area contributed by atoms with Crippen molar-refractivity contribution in [2.45, 2.75) is 24.7 Å². The number of carbonyl (C=O) groups is 1. The standard InChI is InChI=1S/C15H21N3O6/c1-2-10(20)16-4-3-5-17-11-12(15(23)14(11)22)18-6-9-13(21)8(19)7-24-9/h2,8-9,13,17-19,21H,1,3-7H2,(H,16,20). The quantitative estimate of drug-likeness (QED) is 0.196. The average Bonchev–Trinajstić information content (AvgIpc) is 2.90. The third-order valence-corrected chi connectivity index (χ3v) is 3.79. The fourth-order valence-corrected chi connectivity index (χ4v) is 2.36. The highest BCUT2D eigenvalue weighted by Crippen LogP contribution is 2.18. The summed E-state index contributed by atoms with van der Waals surface area (Å²) in [5.41, 5.74) is -0.915. The minimum atomic E-state index is -1.03. The van der Waals surface area contributed by atoms with E-state index in [-0.39, 0.29) is 30.4 Å². The molecule has 24 heavy (non-hydrogen) atoms. The second kappa shape index (κ2) is 8.04. The molecule has 0 spiro atoms. The molecule has 0 bridgehead atoms. The van der Waals surface area contributed by atoms with Crippen LogP contribution in [-0.2, 0) is 9.53 Å². The fourth-order valence-electron chi connectivity index (χ4n) is 2.36. The van der Waals surface area contributed by atoms with Crippen molar-refractivity contribution in [3.05, 3.63) is 33.1 Å². The highest BCUT2D eigenvalue weighted by atomic mass is 16.5. The van der Waals surface area contributed by atoms with Crippen molar-refractivity contribution in [3.8, 4) is 0 Å². The number of amides is 1. The molecule has 1 amide bonds. The van der Waals surface area contributed by atoms with Crippen LogP contribution in [0.15, 0.2) is 22.2 Å². The summed E-state index contributed by atoms with van der Waals surface area (Å²) >= 11 is 0. The SMILES string of the molecule is C=CC(=O)NCCCNc1c(NCC2OCC(O)C2O)c(=O)c1=O. The Labute approximate surface area is 138 Å². The molecule has 0 radical (unpaired) electrons. The largest absolute Gasteiger partial charge is 0.388 e. The topological polar surface area (TPSA) is 137 Å². The summed E-state index contributed by atoms with van der Waals surface area (Å²) in [5.74, 6) is -0.274. The zero-order chi connectivity index (χ0) is 17.7. The van der Waals surface area contributed by atoms with Gasteiger partial charge in [-0.25, -0.2) is 0 Å². The van der Waals surface area contributed by atoms with Crippen molar-refractivity contribution in [1.82, 2.24) is 5.32 Å². The summed E-state index contributed by atoms with van der Waals surface area (Å²) < 4.78 is 5.19. The maximum absolute atomic E-state index is 11.6. The molecule has 3 atom stereocenters. The number of rotatable bonds is 9. The molecule has 9 nitrogen and oxygen atoms in total. The maximum atomic E-state index is 11.6. The van der Waals surface area contributed by atoms with Crippen molar-refractivity contribution in [3.63, 3.8) is 0 Å². The highest BCUT2D eigenvalue weighted by Gasteiger charge is 2.35. The molecule has 1 aliphatic rings. The van der Waals surface area contributed by atoms with Gasteiger partial charge in [-0.3, -0.25) is 14.4 Å². The van der Waals surface area contributed by atoms with Crippen molar-refractivity contribution in [2.24, 2.45) is 0 Å². The number of aliphatic hydroxyl groups is 2. The van der Waals surface area contributed by atoms with E-state index in [2.05, 4.69) is 22.5 Å². The molecule has 3 unspecified atom stereocenters. The lowest BCUT2D eigenvalue weighted by atomic mass is 10.1. The summed E-state index contributed by atoms with van der Waals surface area (Å²) in [4.78, 5) is 34.2. The van der Waals surface area contributed by atoms with E-state index >= 15 is 0 Å². The van der Waals surface area contributed by atoms with Crippen molar-refractivity contribution in [2.75, 3.05) is 36.9 Å². The molecule has 132 valence electrons. The van der Waals surface area contributed by atoms with E-state index in [1.165, 1.54) is 6.08 Å². The van der Waals surface area contributed by atoms with Crippen LogP contribution in [0.1, 0.15) is 6.42 Å². The summed E-state index contributed by atoms with van der Waals surface area (Å²) in [7, 11) is 0. The van der Waals surface area contributed by atoms with E-state index in [0.717, 1.165) is 0 Å². The minimum Gasteiger partial charge on any atom is -0.388 e. The Hall–Kier alpha value is -2.23. The lowest BCUT2D eigenvalue weighted by molar-refractivity contribution is -0.116. The van der Waals surface area contributed by atoms with Gasteiger partial charge in [0.2, 0.25) is 5.91 Å². The first-order valence-electron chi connectivity index (χ1n) is 7.64. The molecule has 0 saturated carbocycles. The van der Waals surface area contributed by atoms with Gasteiger partial charge in [0.15, 0.2) is 0 Å². The molecular formula is C15H21N3O6. The zero-order valence-corrected chi connectivity index (χ0v) is 13.1. The molecule has 1 saturated heterocycles. The normalized spacial score (nSPS) is 23.2. The van der Waals surface area contributed by atoms with Crippen molar-refractivity contribution in [1.29, 1.82) is 0 Å². The van der Waals surface area contributed by atoms with Gasteiger partial charge in [0.25, 0.3) is 10.9 Å². The van der Waals surface area contributed by atoms with Crippen molar-refractivity contribution >= 4 is 17.3 Å². The van der Waals surface area contributed by atoms with E-state index in [0.29, 0.717) is 19.5 Å². The third kappa shape index (κ3) is 3.99. The molecule has 1 fully saturated rings. The Morgan fingerprint density at radius 2 is 1.88 bits per heavy atom. The molecule has 0 aromatic heterocycles. The average molecular weight is 339 g/mol. The lowest BCUT2D eigenvalue weighted by Gasteiger charge is -2.19. The van der Waals surface area contributed by atoms with Crippen LogP contribution < -0.4 is 26.8 Å². The Balaban J connectivity index is 1.79. The Morgan fingerprint density at radius 3 is 2.46 bits per heavy atom. The maximum Gasteiger partial charge on any atom is 0.253 e. The van der Waals surface area contributed by atoms with Gasteiger partial charge in [-0.15, -0.1) is 0 Å². The van der Waals surface area contributed by atoms with E-state index < -0.39 is 29.2 Å². The summed E-state index contributed by atoms with van der Waals surface area (Å²) in [5, 5.41) is 27.3. The van der Waals surface area contributed by atoms with Gasteiger partial charge in [0, 0.05) is 19.6 Å². The highest BCUT2D eigenvalue weighted by molar-refractivity contribution is 5.86. The Morgan fingerprint density at radius 1 is 1.21 bits per heavy atom. The van der Waals surface area contributed by atoms with E-state index in [1.807, 2.05) is 0 Å². The predicted molar refractivity (Wildman–Crippen MR) is 87.9 cm³/mol. The zero-order valence-electron chi connectivity index (χ0n) is 13.1. The number of hydrogen-bond donors (Lipinski definition) is 5. The lowest BCUT2D eigenvalue weighted by Crippen LogP contribution is -2.41. The minimum absolute atomic E-state index is 0.0287. The van der Waals surface area contributed by atoms with Crippen LogP contribution in [0, 0.1) is 0 Å². The second-order valence-corrected chi connectivity index (χ2v) is 5.49. The molecule has 1 aromatic carbocycles. The van der Waals surface area contributed by atoms with E-state index in [4.69, 9.17) is 4.74 Å². The van der Waals surface area contributed by atoms with Gasteiger partial charge in [-0.1, -0.05) is 6.58 Å². The third-order valence-electron chi connectivity index (χ3n) is 3.79. The molecular weight excluding hydrogens is 318 g/mol. The van der Waals surface area contributed by atoms with Gasteiger partial charge in [-0.05, 0) is 12.5 Å². The molecule has 1 aliphatic heterocycles. The molecule has 0 aliphatic carbocycles. The van der Waals surface area contributed by atoms with Crippen LogP contribution in [0.2, 0.25) is 0 Å². The van der Waals surface area contributed by atoms with Crippen LogP contribution in [0.25, 0.3) is 0 Å². The van der Waals surface area contributed by atoms with Crippen LogP contribution in [0.4, 0.5) is 11.4 Å². The van der Waals surface area contributed by atoms with Crippen LogP contribution >= 0.6 is 0 Å². The summed E-state index contributed by atoms with van der Waals surface area (Å²) in [6.45, 7) is 4.28. The number of carbonyl (C=O) groups excluding carboxylic acids is 1. The molecule has 1 aromatic rings. The first-order chi connectivity index (χ1) is 11.5. The van der Waals surface area contributed by atoms with Gasteiger partial charge in [0.05, 0.1) is 6.61 Å². The van der Waals surface area contributed by atoms with Gasteiger partial charge < -0.3 is 30.9 Å². The second-order valence-electron chi connectivity index (χ2n) is 5.49. The van der Waals surface area contributed by atoms with Crippen molar-refractivity contribution < 1.29 is 19.7 Å². The first-order valence-corrected chi connectivity index (χ1v) is 7.64. The number of ether oxygens (including phenoxy) is 1. The molecule has 2 rings (SSSR count). The number of anilines is 2. The van der Waals surface area contributed by atoms with Gasteiger partial charge in [0.1, 0.15) is 29.7 Å². The number of nitrogens with one attached hydrogen (secondary N) is 3. The molecule has 5 N–H and O–H groups in total. The van der Waals surface area contributed by atoms with E-state index in [1.54, 1.807) is 0 Å². The van der Waals surface area contributed by atoms with Crippen LogP contribution in [0.3, 0.4) is 0 Å². The Bertz CT molecular complexity index is 666. The van der Waals surface area contributed by atoms with Gasteiger partial charge in [-0.2, -0.15) is 0 Å². The van der Waals surface area contributed by atoms with E-state index in [9.17, 15) is 24.6 Å². The molecule has 1 heterocycles. The van der Waals surface area contributed by atoms with Crippen LogP contribution in [0.5, 0.6) is 0 Å². The molecule has 9 heteroatoms. The fraction of sp³-hybridized carbons (Fsp3) is 0.533. The van der Waals surface area contributed by atoms with Crippen LogP contribution in [-0.4, -0.2) is 60.7 Å². The number of aliphatic hydroxyl groups excluding tert-OH is 2. The number of hydrogen-bond acceptors (Lipinski definition) is 8. The summed E-state index contributed by atoms with van der Waals surface area (Å²) in [6.07, 6.45) is -0.898.